The third kappa shape index (κ3) is 2.99. The first-order valence-corrected chi connectivity index (χ1v) is 12.9. The predicted molar refractivity (Wildman–Crippen MR) is 167 cm³/mol. The summed E-state index contributed by atoms with van der Waals surface area (Å²) < 4.78 is 83.3. The van der Waals surface area contributed by atoms with Crippen LogP contribution in [0.1, 0.15) is 11.0 Å². The molecular formula is C38H22O2. The van der Waals surface area contributed by atoms with Gasteiger partial charge in [-0.05, 0) is 63.0 Å². The molecular weight excluding hydrogens is 488 g/mol. The summed E-state index contributed by atoms with van der Waals surface area (Å²) in [5.41, 5.74) is 3.43. The van der Waals surface area contributed by atoms with E-state index in [0.29, 0.717) is 38.8 Å². The molecule has 2 heterocycles. The molecule has 0 saturated carbocycles. The number of hydrogen-bond donors (Lipinski definition) is 0. The van der Waals surface area contributed by atoms with E-state index < -0.39 is 24.2 Å². The Kier molecular flexibility index (Phi) is 3.09. The first-order chi connectivity index (χ1) is 23.2. The van der Waals surface area contributed by atoms with Crippen LogP contribution in [0.5, 0.6) is 0 Å². The van der Waals surface area contributed by atoms with E-state index in [1.54, 1.807) is 6.07 Å². The number of furan rings is 2. The maximum atomic E-state index is 9.27. The van der Waals surface area contributed by atoms with Crippen LogP contribution < -0.4 is 0 Å². The largest absolute Gasteiger partial charge is 0.456 e. The second-order valence-corrected chi connectivity index (χ2v) is 9.88. The highest BCUT2D eigenvalue weighted by atomic mass is 16.3. The van der Waals surface area contributed by atoms with Gasteiger partial charge < -0.3 is 8.83 Å². The fraction of sp³-hybridized carbons (Fsp3) is 0. The van der Waals surface area contributed by atoms with Gasteiger partial charge in [0.25, 0.3) is 0 Å². The first kappa shape index (κ1) is 15.3. The van der Waals surface area contributed by atoms with Gasteiger partial charge in [-0.2, -0.15) is 0 Å². The van der Waals surface area contributed by atoms with Crippen molar-refractivity contribution in [2.24, 2.45) is 0 Å². The number of rotatable bonds is 2. The van der Waals surface area contributed by atoms with E-state index in [1.807, 2.05) is 78.9 Å². The smallest absolute Gasteiger partial charge is 0.144 e. The number of fused-ring (bicyclic) bond motifs is 8. The van der Waals surface area contributed by atoms with Crippen LogP contribution in [0.25, 0.3) is 87.7 Å². The zero-order chi connectivity index (χ0) is 33.2. The van der Waals surface area contributed by atoms with Crippen molar-refractivity contribution >= 4 is 65.4 Å². The maximum Gasteiger partial charge on any atom is 0.144 e. The molecule has 40 heavy (non-hydrogen) atoms. The Balaban J connectivity index is 1.58. The third-order valence-corrected chi connectivity index (χ3v) is 7.70. The lowest BCUT2D eigenvalue weighted by Crippen LogP contribution is -1.89. The van der Waals surface area contributed by atoms with E-state index in [4.69, 9.17) is 17.1 Å². The average molecular weight is 519 g/mol. The van der Waals surface area contributed by atoms with Crippen molar-refractivity contribution in [3.05, 3.63) is 133 Å². The minimum atomic E-state index is -0.444. The fourth-order valence-electron chi connectivity index (χ4n) is 5.95. The molecule has 9 aromatic rings. The van der Waals surface area contributed by atoms with Crippen molar-refractivity contribution in [3.8, 4) is 22.3 Å². The Morgan fingerprint density at radius 1 is 0.450 bits per heavy atom. The van der Waals surface area contributed by atoms with Gasteiger partial charge in [0, 0.05) is 32.7 Å². The molecule has 2 nitrogen and oxygen atoms in total. The summed E-state index contributed by atoms with van der Waals surface area (Å²) >= 11 is 0. The Morgan fingerprint density at radius 3 is 2.02 bits per heavy atom. The molecule has 0 atom stereocenters. The molecule has 0 unspecified atom stereocenters. The zero-order valence-electron chi connectivity index (χ0n) is 28.9. The minimum Gasteiger partial charge on any atom is -0.456 e. The Morgan fingerprint density at radius 2 is 1.12 bits per heavy atom. The first-order valence-electron chi connectivity index (χ1n) is 16.9. The molecule has 0 amide bonds. The minimum absolute atomic E-state index is 0.0558. The van der Waals surface area contributed by atoms with E-state index >= 15 is 0 Å². The van der Waals surface area contributed by atoms with Crippen LogP contribution in [0.3, 0.4) is 0 Å². The lowest BCUT2D eigenvalue weighted by molar-refractivity contribution is 0.668. The van der Waals surface area contributed by atoms with Crippen LogP contribution in [-0.4, -0.2) is 0 Å². The van der Waals surface area contributed by atoms with Crippen LogP contribution in [-0.2, 0) is 0 Å². The van der Waals surface area contributed by atoms with Crippen molar-refractivity contribution in [1.29, 1.82) is 0 Å². The highest BCUT2D eigenvalue weighted by molar-refractivity contribution is 6.27. The van der Waals surface area contributed by atoms with Crippen LogP contribution in [0.2, 0.25) is 0 Å². The Labute approximate surface area is 240 Å². The summed E-state index contributed by atoms with van der Waals surface area (Å²) in [6.07, 6.45) is 0. The molecule has 2 heteroatoms. The molecule has 2 aromatic heterocycles. The van der Waals surface area contributed by atoms with Crippen molar-refractivity contribution in [1.82, 2.24) is 0 Å². The molecule has 7 aromatic carbocycles. The third-order valence-electron chi connectivity index (χ3n) is 7.70. The molecule has 9 rings (SSSR count). The quantitative estimate of drug-likeness (QED) is 0.227. The van der Waals surface area contributed by atoms with E-state index in [2.05, 4.69) is 0 Å². The van der Waals surface area contributed by atoms with Gasteiger partial charge in [-0.1, -0.05) is 103 Å². The van der Waals surface area contributed by atoms with Gasteiger partial charge in [-0.15, -0.1) is 0 Å². The molecule has 0 radical (unpaired) electrons. The highest BCUT2D eigenvalue weighted by Crippen LogP contribution is 2.48. The Hall–Kier alpha value is -5.34. The molecule has 0 fully saturated rings. The zero-order valence-corrected chi connectivity index (χ0v) is 20.9. The van der Waals surface area contributed by atoms with Crippen LogP contribution >= 0.6 is 0 Å². The van der Waals surface area contributed by atoms with E-state index in [1.165, 1.54) is 0 Å². The molecule has 186 valence electrons. The number of para-hydroxylation sites is 2. The van der Waals surface area contributed by atoms with E-state index in [-0.39, 0.29) is 51.5 Å². The van der Waals surface area contributed by atoms with E-state index in [0.717, 1.165) is 21.5 Å². The molecule has 0 N–H and O–H groups in total. The fourth-order valence-corrected chi connectivity index (χ4v) is 5.95. The van der Waals surface area contributed by atoms with Gasteiger partial charge in [-0.3, -0.25) is 0 Å². The number of benzene rings is 7. The number of hydrogen-bond acceptors (Lipinski definition) is 2. The van der Waals surface area contributed by atoms with Gasteiger partial charge in [0.15, 0.2) is 0 Å². The van der Waals surface area contributed by atoms with Gasteiger partial charge in [-0.25, -0.2) is 0 Å². The lowest BCUT2D eigenvalue weighted by atomic mass is 9.87. The second-order valence-electron chi connectivity index (χ2n) is 9.88. The molecule has 0 aliphatic carbocycles. The summed E-state index contributed by atoms with van der Waals surface area (Å²) in [6, 6.07) is 23.8. The standard InChI is InChI=1S/C38H22O2/c1-2-10-24-21-25(18-17-23(24)9-1)35-28-12-3-4-13-29(28)36(38-37(35)30-14-6-8-16-33(30)40-38)26-19-20-34-31(22-26)27-11-5-7-15-32(27)39-34/h1-22H/i3D,4D,6D,8D,12D,13D,14D,16D. The summed E-state index contributed by atoms with van der Waals surface area (Å²) in [5, 5.41) is 4.47. The summed E-state index contributed by atoms with van der Waals surface area (Å²) in [6.45, 7) is 0. The molecule has 0 aliphatic heterocycles. The highest BCUT2D eigenvalue weighted by Gasteiger charge is 2.22. The van der Waals surface area contributed by atoms with E-state index in [9.17, 15) is 2.74 Å². The van der Waals surface area contributed by atoms with Crippen molar-refractivity contribution in [3.63, 3.8) is 0 Å². The SMILES string of the molecule is [2H]c1c([2H])c([2H])c2c(oc3c(-c4ccc5oc6ccccc6c5c4)c4c([2H])c([2H])c([2H])c([2H])c4c(-c4ccc5ccccc5c4)c32)c1[2H]. The van der Waals surface area contributed by atoms with Gasteiger partial charge >= 0.3 is 0 Å². The normalized spacial score (nSPS) is 14.8. The predicted octanol–water partition coefficient (Wildman–Crippen LogP) is 11.1. The average Bonchev–Trinajstić information content (AvgIpc) is 3.69. The van der Waals surface area contributed by atoms with Crippen LogP contribution in [0, 0.1) is 0 Å². The summed E-state index contributed by atoms with van der Waals surface area (Å²) in [5.74, 6) is 0. The molecule has 0 aliphatic rings. The van der Waals surface area contributed by atoms with Crippen LogP contribution in [0.4, 0.5) is 0 Å². The van der Waals surface area contributed by atoms with Crippen LogP contribution in [0.15, 0.2) is 142 Å². The molecule has 0 saturated heterocycles. The Bertz CT molecular complexity index is 2890. The second kappa shape index (κ2) is 8.08. The monoisotopic (exact) mass is 518 g/mol. The topological polar surface area (TPSA) is 26.3 Å². The van der Waals surface area contributed by atoms with Gasteiger partial charge in [0.2, 0.25) is 0 Å². The summed E-state index contributed by atoms with van der Waals surface area (Å²) in [4.78, 5) is 0. The summed E-state index contributed by atoms with van der Waals surface area (Å²) in [7, 11) is 0. The van der Waals surface area contributed by atoms with Crippen molar-refractivity contribution in [2.75, 3.05) is 0 Å². The lowest BCUT2D eigenvalue weighted by Gasteiger charge is -2.15. The maximum absolute atomic E-state index is 9.27. The molecule has 0 spiro atoms. The van der Waals surface area contributed by atoms with Gasteiger partial charge in [0.05, 0.1) is 11.0 Å². The van der Waals surface area contributed by atoms with Gasteiger partial charge in [0.1, 0.15) is 22.3 Å². The van der Waals surface area contributed by atoms with Crippen molar-refractivity contribution in [2.45, 2.75) is 0 Å². The molecule has 0 bridgehead atoms. The van der Waals surface area contributed by atoms with Crippen molar-refractivity contribution < 1.29 is 19.8 Å².